The first-order chi connectivity index (χ1) is 7.38. The first kappa shape index (κ1) is 11.7. The van der Waals surface area contributed by atoms with Gasteiger partial charge in [-0.1, -0.05) is 12.8 Å². The van der Waals surface area contributed by atoms with Crippen LogP contribution in [0.2, 0.25) is 0 Å². The van der Waals surface area contributed by atoms with Crippen molar-refractivity contribution in [3.8, 4) is 0 Å². The molecule has 2 atom stereocenters. The van der Waals surface area contributed by atoms with Crippen LogP contribution < -0.4 is 0 Å². The van der Waals surface area contributed by atoms with E-state index < -0.39 is 0 Å². The van der Waals surface area contributed by atoms with Crippen LogP contribution in [-0.2, 0) is 4.74 Å². The summed E-state index contributed by atoms with van der Waals surface area (Å²) >= 11 is 4.23. The zero-order valence-electron chi connectivity index (χ0n) is 9.53. The van der Waals surface area contributed by atoms with Crippen LogP contribution in [0.5, 0.6) is 0 Å². The molecule has 0 aromatic heterocycles. The van der Waals surface area contributed by atoms with E-state index in [1.807, 2.05) is 0 Å². The number of nitrogens with zero attached hydrogens (tertiary/aromatic N) is 1. The Labute approximate surface area is 98.8 Å². The Bertz CT molecular complexity index is 176. The molecule has 0 aromatic rings. The van der Waals surface area contributed by atoms with Crippen molar-refractivity contribution in [3.05, 3.63) is 0 Å². The van der Waals surface area contributed by atoms with Crippen molar-refractivity contribution < 1.29 is 4.74 Å². The summed E-state index contributed by atoms with van der Waals surface area (Å²) in [4.78, 5) is 2.60. The molecule has 0 N–H and O–H groups in total. The monoisotopic (exact) mass is 229 g/mol. The number of ether oxygens (including phenoxy) is 1. The quantitative estimate of drug-likeness (QED) is 0.554. The second kappa shape index (κ2) is 6.12. The minimum Gasteiger partial charge on any atom is -0.372 e. The van der Waals surface area contributed by atoms with Crippen LogP contribution in [0.4, 0.5) is 0 Å². The van der Waals surface area contributed by atoms with E-state index in [0.29, 0.717) is 12.2 Å². The largest absolute Gasteiger partial charge is 0.372 e. The fourth-order valence-electron chi connectivity index (χ4n) is 2.68. The van der Waals surface area contributed by atoms with Crippen LogP contribution in [0.1, 0.15) is 38.5 Å². The molecule has 0 aromatic carbocycles. The molecule has 2 fully saturated rings. The summed E-state index contributed by atoms with van der Waals surface area (Å²) < 4.78 is 5.82. The summed E-state index contributed by atoms with van der Waals surface area (Å²) in [5, 5.41) is 0. The minimum absolute atomic E-state index is 0.557. The topological polar surface area (TPSA) is 12.5 Å². The van der Waals surface area contributed by atoms with Gasteiger partial charge in [0.1, 0.15) is 0 Å². The standard InChI is InChI=1S/C12H23NOS/c15-8-4-2-1-3-7-13-9-11-5-6-12(10-13)14-11/h11-12,15H,1-10H2. The van der Waals surface area contributed by atoms with Gasteiger partial charge in [-0.05, 0) is 38.0 Å². The Kier molecular flexibility index (Phi) is 4.79. The highest BCUT2D eigenvalue weighted by molar-refractivity contribution is 7.80. The Hall–Kier alpha value is 0.270. The maximum Gasteiger partial charge on any atom is 0.0707 e. The number of likely N-dealkylation sites (tertiary alicyclic amines) is 1. The highest BCUT2D eigenvalue weighted by atomic mass is 32.1. The molecule has 15 heavy (non-hydrogen) atoms. The lowest BCUT2D eigenvalue weighted by Crippen LogP contribution is -2.42. The number of hydrogen-bond donors (Lipinski definition) is 1. The first-order valence-corrected chi connectivity index (χ1v) is 7.00. The summed E-state index contributed by atoms with van der Waals surface area (Å²) in [5.74, 6) is 1.04. The molecule has 2 rings (SSSR count). The summed E-state index contributed by atoms with van der Waals surface area (Å²) in [6, 6.07) is 0. The van der Waals surface area contributed by atoms with Crippen molar-refractivity contribution in [2.75, 3.05) is 25.4 Å². The first-order valence-electron chi connectivity index (χ1n) is 6.37. The second-order valence-corrected chi connectivity index (χ2v) is 5.30. The molecule has 2 aliphatic rings. The lowest BCUT2D eigenvalue weighted by atomic mass is 10.2. The number of morpholine rings is 1. The van der Waals surface area contributed by atoms with Gasteiger partial charge in [-0.3, -0.25) is 4.90 Å². The highest BCUT2D eigenvalue weighted by Gasteiger charge is 2.32. The van der Waals surface area contributed by atoms with E-state index in [4.69, 9.17) is 4.74 Å². The van der Waals surface area contributed by atoms with E-state index in [1.54, 1.807) is 0 Å². The number of fused-ring (bicyclic) bond motifs is 2. The van der Waals surface area contributed by atoms with Crippen LogP contribution in [0.25, 0.3) is 0 Å². The van der Waals surface area contributed by atoms with Crippen molar-refractivity contribution >= 4 is 12.6 Å². The molecule has 2 saturated heterocycles. The maximum absolute atomic E-state index is 5.82. The summed E-state index contributed by atoms with van der Waals surface area (Å²) in [7, 11) is 0. The van der Waals surface area contributed by atoms with Gasteiger partial charge in [0.05, 0.1) is 12.2 Å². The van der Waals surface area contributed by atoms with Gasteiger partial charge in [-0.2, -0.15) is 12.6 Å². The van der Waals surface area contributed by atoms with E-state index in [-0.39, 0.29) is 0 Å². The van der Waals surface area contributed by atoms with Gasteiger partial charge in [0.15, 0.2) is 0 Å². The number of thiol groups is 1. The smallest absolute Gasteiger partial charge is 0.0707 e. The molecule has 0 spiro atoms. The molecule has 2 heterocycles. The van der Waals surface area contributed by atoms with Crippen LogP contribution >= 0.6 is 12.6 Å². The highest BCUT2D eigenvalue weighted by Crippen LogP contribution is 2.26. The molecular formula is C12H23NOS. The fraction of sp³-hybridized carbons (Fsp3) is 1.00. The maximum atomic E-state index is 5.82. The molecule has 0 aliphatic carbocycles. The van der Waals surface area contributed by atoms with E-state index in [1.165, 1.54) is 58.2 Å². The molecule has 0 saturated carbocycles. The summed E-state index contributed by atoms with van der Waals surface area (Å²) in [6.45, 7) is 3.65. The average molecular weight is 229 g/mol. The molecule has 2 bridgehead atoms. The van der Waals surface area contributed by atoms with Gasteiger partial charge in [-0.25, -0.2) is 0 Å². The normalized spacial score (nSPS) is 31.0. The number of rotatable bonds is 6. The molecule has 88 valence electrons. The zero-order chi connectivity index (χ0) is 10.5. The predicted octanol–water partition coefficient (Wildman–Crippen LogP) is 2.34. The predicted molar refractivity (Wildman–Crippen MR) is 66.7 cm³/mol. The van der Waals surface area contributed by atoms with Crippen molar-refractivity contribution in [2.45, 2.75) is 50.7 Å². The van der Waals surface area contributed by atoms with Gasteiger partial charge in [0.25, 0.3) is 0 Å². The molecule has 2 unspecified atom stereocenters. The SMILES string of the molecule is SCCCCCCN1CC2CCC(C1)O2. The van der Waals surface area contributed by atoms with Gasteiger partial charge >= 0.3 is 0 Å². The lowest BCUT2D eigenvalue weighted by Gasteiger charge is -2.31. The average Bonchev–Trinajstić information content (AvgIpc) is 2.58. The van der Waals surface area contributed by atoms with Gasteiger partial charge in [-0.15, -0.1) is 0 Å². The second-order valence-electron chi connectivity index (χ2n) is 4.85. The van der Waals surface area contributed by atoms with Crippen LogP contribution in [0.15, 0.2) is 0 Å². The Morgan fingerprint density at radius 2 is 1.67 bits per heavy atom. The lowest BCUT2D eigenvalue weighted by molar-refractivity contribution is -0.0385. The third-order valence-corrected chi connectivity index (χ3v) is 3.82. The van der Waals surface area contributed by atoms with E-state index in [0.717, 1.165) is 5.75 Å². The van der Waals surface area contributed by atoms with Crippen molar-refractivity contribution in [3.63, 3.8) is 0 Å². The van der Waals surface area contributed by atoms with E-state index in [2.05, 4.69) is 17.5 Å². The summed E-state index contributed by atoms with van der Waals surface area (Å²) in [5.41, 5.74) is 0. The molecule has 2 aliphatic heterocycles. The van der Waals surface area contributed by atoms with Crippen molar-refractivity contribution in [1.82, 2.24) is 4.90 Å². The Morgan fingerprint density at radius 1 is 1.00 bits per heavy atom. The minimum atomic E-state index is 0.557. The van der Waals surface area contributed by atoms with Crippen LogP contribution in [0.3, 0.4) is 0 Å². The van der Waals surface area contributed by atoms with Crippen LogP contribution in [0, 0.1) is 0 Å². The third-order valence-electron chi connectivity index (χ3n) is 3.50. The van der Waals surface area contributed by atoms with E-state index in [9.17, 15) is 0 Å². The number of hydrogen-bond acceptors (Lipinski definition) is 3. The van der Waals surface area contributed by atoms with Gasteiger partial charge in [0.2, 0.25) is 0 Å². The van der Waals surface area contributed by atoms with Gasteiger partial charge in [0, 0.05) is 13.1 Å². The number of unbranched alkanes of at least 4 members (excludes halogenated alkanes) is 3. The molecule has 3 heteroatoms. The van der Waals surface area contributed by atoms with Crippen molar-refractivity contribution in [2.24, 2.45) is 0 Å². The molecule has 2 nitrogen and oxygen atoms in total. The summed E-state index contributed by atoms with van der Waals surface area (Å²) in [6.07, 6.45) is 9.04. The Balaban J connectivity index is 1.56. The molecule has 0 amide bonds. The van der Waals surface area contributed by atoms with Crippen LogP contribution in [-0.4, -0.2) is 42.5 Å². The molecule has 0 radical (unpaired) electrons. The fourth-order valence-corrected chi connectivity index (χ4v) is 2.91. The van der Waals surface area contributed by atoms with Crippen molar-refractivity contribution in [1.29, 1.82) is 0 Å². The third kappa shape index (κ3) is 3.65. The Morgan fingerprint density at radius 3 is 2.33 bits per heavy atom. The molecular weight excluding hydrogens is 206 g/mol. The van der Waals surface area contributed by atoms with Gasteiger partial charge < -0.3 is 4.74 Å². The van der Waals surface area contributed by atoms with E-state index >= 15 is 0 Å². The zero-order valence-corrected chi connectivity index (χ0v) is 10.4.